The average Bonchev–Trinajstić information content (AvgIpc) is 2.33. The number of rotatable bonds is 3. The van der Waals surface area contributed by atoms with Gasteiger partial charge >= 0.3 is 0 Å². The van der Waals surface area contributed by atoms with Crippen LogP contribution in [0.25, 0.3) is 0 Å². The topological polar surface area (TPSA) is 17.1 Å². The van der Waals surface area contributed by atoms with Crippen molar-refractivity contribution < 1.29 is 9.18 Å². The van der Waals surface area contributed by atoms with Gasteiger partial charge in [0.25, 0.3) is 0 Å². The fourth-order valence-electron chi connectivity index (χ4n) is 2.26. The lowest BCUT2D eigenvalue weighted by atomic mass is 9.92. The number of ketones is 1. The Balaban J connectivity index is 2.14. The molecule has 1 aliphatic carbocycles. The molecule has 0 heterocycles. The second kappa shape index (κ2) is 5.26. The molecule has 90 valence electrons. The van der Waals surface area contributed by atoms with E-state index in [0.29, 0.717) is 12.0 Å². The number of hydrogen-bond acceptors (Lipinski definition) is 1. The molecule has 0 atom stereocenters. The van der Waals surface area contributed by atoms with Crippen LogP contribution < -0.4 is 0 Å². The molecule has 0 fully saturated rings. The molecular weight excluding hydrogens is 215 g/mol. The van der Waals surface area contributed by atoms with E-state index in [1.807, 2.05) is 6.92 Å². The molecule has 0 spiro atoms. The van der Waals surface area contributed by atoms with E-state index in [-0.39, 0.29) is 11.6 Å². The van der Waals surface area contributed by atoms with Crippen molar-refractivity contribution in [3.63, 3.8) is 0 Å². The number of halogens is 1. The Kier molecular flexibility index (Phi) is 3.72. The highest BCUT2D eigenvalue weighted by atomic mass is 19.1. The molecule has 17 heavy (non-hydrogen) atoms. The van der Waals surface area contributed by atoms with Crippen LogP contribution in [0.15, 0.2) is 29.8 Å². The first-order valence-corrected chi connectivity index (χ1v) is 6.14. The lowest BCUT2D eigenvalue weighted by Crippen LogP contribution is -2.05. The Labute approximate surface area is 101 Å². The van der Waals surface area contributed by atoms with Gasteiger partial charge in [-0.1, -0.05) is 17.7 Å². The molecule has 1 aliphatic rings. The zero-order valence-corrected chi connectivity index (χ0v) is 10.1. The molecule has 0 unspecified atom stereocenters. The van der Waals surface area contributed by atoms with E-state index in [1.54, 1.807) is 6.07 Å². The molecule has 0 saturated heterocycles. The number of benzene rings is 1. The minimum absolute atomic E-state index is 0.0372. The van der Waals surface area contributed by atoms with Crippen LogP contribution in [-0.2, 0) is 0 Å². The highest BCUT2D eigenvalue weighted by Gasteiger charge is 2.13. The lowest BCUT2D eigenvalue weighted by Gasteiger charge is -2.12. The highest BCUT2D eigenvalue weighted by Crippen LogP contribution is 2.23. The largest absolute Gasteiger partial charge is 0.294 e. The van der Waals surface area contributed by atoms with Gasteiger partial charge in [-0.3, -0.25) is 4.79 Å². The quantitative estimate of drug-likeness (QED) is 0.563. The van der Waals surface area contributed by atoms with Gasteiger partial charge in [0.2, 0.25) is 0 Å². The molecule has 2 rings (SSSR count). The van der Waals surface area contributed by atoms with Crippen LogP contribution in [0.2, 0.25) is 0 Å². The molecule has 0 bridgehead atoms. The third-order valence-corrected chi connectivity index (χ3v) is 3.27. The van der Waals surface area contributed by atoms with E-state index in [0.717, 1.165) is 18.4 Å². The van der Waals surface area contributed by atoms with Gasteiger partial charge in [-0.25, -0.2) is 4.39 Å². The minimum atomic E-state index is -0.337. The molecule has 0 saturated carbocycles. The van der Waals surface area contributed by atoms with E-state index in [1.165, 1.54) is 30.5 Å². The van der Waals surface area contributed by atoms with Crippen molar-refractivity contribution in [2.75, 3.05) is 0 Å². The monoisotopic (exact) mass is 232 g/mol. The maximum Gasteiger partial charge on any atom is 0.167 e. The Morgan fingerprint density at radius 1 is 1.35 bits per heavy atom. The van der Waals surface area contributed by atoms with Gasteiger partial charge in [-0.2, -0.15) is 0 Å². The van der Waals surface area contributed by atoms with Crippen molar-refractivity contribution in [1.82, 2.24) is 0 Å². The Hall–Kier alpha value is -1.44. The molecule has 1 nitrogen and oxygen atoms in total. The van der Waals surface area contributed by atoms with E-state index in [4.69, 9.17) is 0 Å². The second-order valence-electron chi connectivity index (χ2n) is 4.67. The molecule has 0 aromatic heterocycles. The van der Waals surface area contributed by atoms with Gasteiger partial charge in [0.15, 0.2) is 5.78 Å². The highest BCUT2D eigenvalue weighted by molar-refractivity contribution is 5.98. The summed E-state index contributed by atoms with van der Waals surface area (Å²) in [5, 5.41) is 0. The third-order valence-electron chi connectivity index (χ3n) is 3.27. The van der Waals surface area contributed by atoms with E-state index in [2.05, 4.69) is 6.08 Å². The van der Waals surface area contributed by atoms with Crippen LogP contribution in [0.5, 0.6) is 0 Å². The molecule has 0 N–H and O–H groups in total. The number of allylic oxidation sites excluding steroid dienone is 2. The lowest BCUT2D eigenvalue weighted by molar-refractivity contribution is 0.0990. The SMILES string of the molecule is Cc1ccc(F)cc1C(=O)CC1=CCCCC1. The molecular formula is C15H17FO. The Bertz CT molecular complexity index is 460. The predicted molar refractivity (Wildman–Crippen MR) is 66.6 cm³/mol. The maximum absolute atomic E-state index is 13.1. The van der Waals surface area contributed by atoms with Crippen molar-refractivity contribution in [3.05, 3.63) is 46.8 Å². The molecule has 0 amide bonds. The van der Waals surface area contributed by atoms with E-state index >= 15 is 0 Å². The zero-order valence-electron chi connectivity index (χ0n) is 10.1. The summed E-state index contributed by atoms with van der Waals surface area (Å²) in [7, 11) is 0. The van der Waals surface area contributed by atoms with Crippen molar-refractivity contribution in [3.8, 4) is 0 Å². The number of Topliss-reactive ketones (excluding diaryl/α,β-unsaturated/α-hetero) is 1. The van der Waals surface area contributed by atoms with Gasteiger partial charge in [0.05, 0.1) is 0 Å². The van der Waals surface area contributed by atoms with Gasteiger partial charge in [-0.15, -0.1) is 0 Å². The second-order valence-corrected chi connectivity index (χ2v) is 4.67. The first-order chi connectivity index (χ1) is 8.16. The van der Waals surface area contributed by atoms with Gasteiger partial charge in [0.1, 0.15) is 5.82 Å². The van der Waals surface area contributed by atoms with Crippen molar-refractivity contribution in [2.24, 2.45) is 0 Å². The van der Waals surface area contributed by atoms with Crippen molar-refractivity contribution >= 4 is 5.78 Å². The first kappa shape index (κ1) is 12.0. The first-order valence-electron chi connectivity index (χ1n) is 6.14. The molecule has 0 radical (unpaired) electrons. The smallest absolute Gasteiger partial charge is 0.167 e. The Morgan fingerprint density at radius 2 is 2.18 bits per heavy atom. The van der Waals surface area contributed by atoms with Crippen LogP contribution in [0.3, 0.4) is 0 Å². The fraction of sp³-hybridized carbons (Fsp3) is 0.400. The minimum Gasteiger partial charge on any atom is -0.294 e. The third kappa shape index (κ3) is 3.02. The summed E-state index contributed by atoms with van der Waals surface area (Å²) in [5.41, 5.74) is 2.59. The average molecular weight is 232 g/mol. The zero-order chi connectivity index (χ0) is 12.3. The van der Waals surface area contributed by atoms with Crippen LogP contribution in [-0.4, -0.2) is 5.78 Å². The normalized spacial score (nSPS) is 15.5. The van der Waals surface area contributed by atoms with Crippen molar-refractivity contribution in [1.29, 1.82) is 0 Å². The standard InChI is InChI=1S/C15H17FO/c1-11-7-8-13(16)10-14(11)15(17)9-12-5-3-2-4-6-12/h5,7-8,10H,2-4,6,9H2,1H3. The summed E-state index contributed by atoms with van der Waals surface area (Å²) in [6.45, 7) is 1.85. The fourth-order valence-corrected chi connectivity index (χ4v) is 2.26. The van der Waals surface area contributed by atoms with Crippen LogP contribution >= 0.6 is 0 Å². The Morgan fingerprint density at radius 3 is 2.88 bits per heavy atom. The summed E-state index contributed by atoms with van der Waals surface area (Å²) in [6, 6.07) is 4.41. The van der Waals surface area contributed by atoms with Crippen molar-refractivity contribution in [2.45, 2.75) is 39.0 Å². The molecule has 0 aliphatic heterocycles. The van der Waals surface area contributed by atoms with Crippen LogP contribution in [0, 0.1) is 12.7 Å². The van der Waals surface area contributed by atoms with Crippen LogP contribution in [0.4, 0.5) is 4.39 Å². The number of aryl methyl sites for hydroxylation is 1. The number of carbonyl (C=O) groups is 1. The summed E-state index contributed by atoms with van der Waals surface area (Å²) >= 11 is 0. The van der Waals surface area contributed by atoms with Gasteiger partial charge < -0.3 is 0 Å². The molecule has 1 aromatic carbocycles. The summed E-state index contributed by atoms with van der Waals surface area (Å²) in [4.78, 5) is 12.1. The van der Waals surface area contributed by atoms with Gasteiger partial charge in [0, 0.05) is 12.0 Å². The molecule has 2 heteroatoms. The predicted octanol–water partition coefficient (Wildman–Crippen LogP) is 4.21. The molecule has 1 aromatic rings. The van der Waals surface area contributed by atoms with E-state index in [9.17, 15) is 9.18 Å². The van der Waals surface area contributed by atoms with Gasteiger partial charge in [-0.05, 0) is 50.3 Å². The summed E-state index contributed by atoms with van der Waals surface area (Å²) < 4.78 is 13.1. The maximum atomic E-state index is 13.1. The summed E-state index contributed by atoms with van der Waals surface area (Å²) in [6.07, 6.45) is 7.09. The van der Waals surface area contributed by atoms with E-state index < -0.39 is 0 Å². The van der Waals surface area contributed by atoms with Crippen LogP contribution in [0.1, 0.15) is 48.0 Å². The summed E-state index contributed by atoms with van der Waals surface area (Å²) in [5.74, 6) is -0.299. The number of carbonyl (C=O) groups excluding carboxylic acids is 1. The number of hydrogen-bond donors (Lipinski definition) is 0.